The number of aromatic nitrogens is 2. The van der Waals surface area contributed by atoms with E-state index >= 15 is 0 Å². The molecule has 0 fully saturated rings. The number of H-pyrrole nitrogens is 1. The molecule has 23 heavy (non-hydrogen) atoms. The summed E-state index contributed by atoms with van der Waals surface area (Å²) >= 11 is 0. The zero-order valence-electron chi connectivity index (χ0n) is 11.6. The van der Waals surface area contributed by atoms with Crippen LogP contribution in [0, 0.1) is 5.82 Å². The summed E-state index contributed by atoms with van der Waals surface area (Å²) in [6, 6.07) is 0. The third-order valence-corrected chi connectivity index (χ3v) is 6.30. The molecule has 0 bridgehead atoms. The molecule has 0 aliphatic rings. The highest BCUT2D eigenvalue weighted by atomic mass is 31.2. The van der Waals surface area contributed by atoms with Gasteiger partial charge in [0.2, 0.25) is 21.1 Å². The Bertz CT molecular complexity index is 866. The lowest BCUT2D eigenvalue weighted by Gasteiger charge is -2.09. The Labute approximate surface area is 130 Å². The Kier molecular flexibility index (Phi) is 7.06. The van der Waals surface area contributed by atoms with Crippen molar-refractivity contribution < 1.29 is 26.7 Å². The molecule has 1 aromatic rings. The second kappa shape index (κ2) is 8.34. The number of hydrogen-bond acceptors (Lipinski definition) is 7. The maximum atomic E-state index is 13.1. The van der Waals surface area contributed by atoms with E-state index in [2.05, 4.69) is 21.2 Å². The van der Waals surface area contributed by atoms with E-state index in [0.29, 0.717) is 6.20 Å². The topological polar surface area (TPSA) is 125 Å². The van der Waals surface area contributed by atoms with Gasteiger partial charge >= 0.3 is 13.3 Å². The molecule has 0 aliphatic heterocycles. The zero-order chi connectivity index (χ0) is 17.6. The van der Waals surface area contributed by atoms with Crippen LogP contribution in [0.4, 0.5) is 4.39 Å². The largest absolute Gasteiger partial charge is 0.354 e. The SMILES string of the molecule is C=P(=O)OP(=O)(C/C=C\Cn1cc(F)c(=O)[nH]c1=O)OP(=C)=O. The van der Waals surface area contributed by atoms with Gasteiger partial charge in [-0.1, -0.05) is 12.2 Å². The van der Waals surface area contributed by atoms with E-state index in [9.17, 15) is 27.7 Å². The Balaban J connectivity index is 2.84. The van der Waals surface area contributed by atoms with Crippen LogP contribution in [0.1, 0.15) is 0 Å². The van der Waals surface area contributed by atoms with Crippen LogP contribution >= 0.6 is 22.9 Å². The predicted molar refractivity (Wildman–Crippen MR) is 84.5 cm³/mol. The van der Waals surface area contributed by atoms with E-state index in [4.69, 9.17) is 0 Å². The van der Waals surface area contributed by atoms with Crippen molar-refractivity contribution in [3.05, 3.63) is 45.0 Å². The Morgan fingerprint density at radius 3 is 2.35 bits per heavy atom. The highest BCUT2D eigenvalue weighted by molar-refractivity contribution is 7.66. The fourth-order valence-electron chi connectivity index (χ4n) is 1.37. The minimum Gasteiger partial charge on any atom is -0.294 e. The van der Waals surface area contributed by atoms with Crippen LogP contribution < -0.4 is 11.2 Å². The van der Waals surface area contributed by atoms with Crippen molar-refractivity contribution in [2.75, 3.05) is 6.16 Å². The molecule has 0 amide bonds. The number of nitrogens with zero attached hydrogens (tertiary/aromatic N) is 1. The number of aromatic amines is 1. The van der Waals surface area contributed by atoms with Gasteiger partial charge in [0, 0.05) is 6.54 Å². The molecule has 1 N–H and O–H groups in total. The van der Waals surface area contributed by atoms with E-state index < -0.39 is 46.1 Å². The molecule has 0 aliphatic carbocycles. The summed E-state index contributed by atoms with van der Waals surface area (Å²) in [4.78, 5) is 24.0. The fourth-order valence-corrected chi connectivity index (χ4v) is 4.92. The predicted octanol–water partition coefficient (Wildman–Crippen LogP) is 1.81. The van der Waals surface area contributed by atoms with Crippen LogP contribution in [0.2, 0.25) is 0 Å². The molecule has 0 saturated heterocycles. The highest BCUT2D eigenvalue weighted by Gasteiger charge is 2.25. The first-order valence-corrected chi connectivity index (χ1v) is 10.3. The maximum Gasteiger partial charge on any atom is 0.354 e. The fraction of sp³-hybridized carbons (Fsp3) is 0.200. The molecule has 0 aromatic carbocycles. The highest BCUT2D eigenvalue weighted by Crippen LogP contribution is 2.56. The van der Waals surface area contributed by atoms with Crippen LogP contribution in [0.3, 0.4) is 0 Å². The number of hydrogen-bond donors (Lipinski definition) is 1. The molecule has 1 heterocycles. The van der Waals surface area contributed by atoms with Crippen LogP contribution in [-0.4, -0.2) is 28.3 Å². The molecule has 0 saturated carbocycles. The third-order valence-electron chi connectivity index (χ3n) is 2.20. The monoisotopic (exact) mass is 384 g/mol. The van der Waals surface area contributed by atoms with E-state index in [0.717, 1.165) is 4.57 Å². The summed E-state index contributed by atoms with van der Waals surface area (Å²) in [5.74, 6) is -1.14. The number of halogens is 1. The summed E-state index contributed by atoms with van der Waals surface area (Å²) in [5.41, 5.74) is -1.97. The van der Waals surface area contributed by atoms with Gasteiger partial charge in [-0.15, -0.1) is 0 Å². The summed E-state index contributed by atoms with van der Waals surface area (Å²) < 4.78 is 56.9. The van der Waals surface area contributed by atoms with Crippen LogP contribution in [0.15, 0.2) is 27.9 Å². The van der Waals surface area contributed by atoms with Crippen LogP contribution in [0.25, 0.3) is 0 Å². The van der Waals surface area contributed by atoms with E-state index in [1.807, 2.05) is 0 Å². The van der Waals surface area contributed by atoms with Gasteiger partial charge in [-0.3, -0.25) is 28.0 Å². The molecule has 2 unspecified atom stereocenters. The molecular formula is C10H12FN2O7P3. The lowest BCUT2D eigenvalue weighted by Crippen LogP contribution is -2.31. The van der Waals surface area contributed by atoms with Crippen molar-refractivity contribution in [1.82, 2.24) is 9.55 Å². The summed E-state index contributed by atoms with van der Waals surface area (Å²) in [5, 5.41) is 0. The number of nitrogens with one attached hydrogen (secondary N) is 1. The maximum absolute atomic E-state index is 13.1. The minimum atomic E-state index is -3.98. The molecule has 1 aromatic heterocycles. The van der Waals surface area contributed by atoms with Crippen molar-refractivity contribution in [1.29, 1.82) is 0 Å². The first-order valence-electron chi connectivity index (χ1n) is 5.81. The van der Waals surface area contributed by atoms with Gasteiger partial charge in [0.1, 0.15) is 0 Å². The normalized spacial score (nSPS) is 15.3. The second-order valence-electron chi connectivity index (χ2n) is 3.98. The van der Waals surface area contributed by atoms with Crippen molar-refractivity contribution >= 4 is 35.5 Å². The van der Waals surface area contributed by atoms with E-state index in [1.165, 1.54) is 12.2 Å². The molecule has 1 rings (SSSR count). The van der Waals surface area contributed by atoms with Gasteiger partial charge in [0.15, 0.2) is 0 Å². The quantitative estimate of drug-likeness (QED) is 0.535. The lowest BCUT2D eigenvalue weighted by molar-refractivity contribution is 0.404. The van der Waals surface area contributed by atoms with E-state index in [-0.39, 0.29) is 6.54 Å². The Morgan fingerprint density at radius 2 is 1.83 bits per heavy atom. The van der Waals surface area contributed by atoms with Crippen LogP contribution in [-0.2, 0) is 28.9 Å². The second-order valence-corrected chi connectivity index (χ2v) is 8.21. The van der Waals surface area contributed by atoms with Crippen LogP contribution in [0.5, 0.6) is 0 Å². The third kappa shape index (κ3) is 6.60. The molecule has 126 valence electrons. The van der Waals surface area contributed by atoms with Gasteiger partial charge in [0.05, 0.1) is 12.4 Å². The van der Waals surface area contributed by atoms with Gasteiger partial charge in [-0.05, 0) is 12.6 Å². The van der Waals surface area contributed by atoms with Crippen molar-refractivity contribution in [2.45, 2.75) is 6.54 Å². The molecular weight excluding hydrogens is 372 g/mol. The average molecular weight is 384 g/mol. The first-order chi connectivity index (χ1) is 10.6. The first kappa shape index (κ1) is 19.5. The van der Waals surface area contributed by atoms with Crippen molar-refractivity contribution in [3.8, 4) is 0 Å². The Morgan fingerprint density at radius 1 is 1.26 bits per heavy atom. The van der Waals surface area contributed by atoms with Gasteiger partial charge in [0.25, 0.3) is 5.56 Å². The number of allylic oxidation sites excluding steroid dienone is 2. The summed E-state index contributed by atoms with van der Waals surface area (Å²) in [7, 11) is -9.02. The molecule has 0 spiro atoms. The van der Waals surface area contributed by atoms with Crippen molar-refractivity contribution in [2.24, 2.45) is 0 Å². The summed E-state index contributed by atoms with van der Waals surface area (Å²) in [6.45, 7) is -0.153. The lowest BCUT2D eigenvalue weighted by atomic mass is 10.5. The number of rotatable bonds is 8. The van der Waals surface area contributed by atoms with Crippen molar-refractivity contribution in [3.63, 3.8) is 0 Å². The van der Waals surface area contributed by atoms with E-state index in [1.54, 1.807) is 4.98 Å². The zero-order valence-corrected chi connectivity index (χ0v) is 14.3. The summed E-state index contributed by atoms with van der Waals surface area (Å²) in [6.07, 6.45) is 8.84. The molecule has 9 nitrogen and oxygen atoms in total. The molecule has 0 radical (unpaired) electrons. The van der Waals surface area contributed by atoms with Gasteiger partial charge in [-0.2, -0.15) is 4.39 Å². The molecule has 2 atom stereocenters. The van der Waals surface area contributed by atoms with Gasteiger partial charge in [-0.25, -0.2) is 13.4 Å². The standard InChI is InChI=1S/C10H12FN2O7P3/c1-21(16)19-23(18,20-22(2)17)6-4-3-5-13-7-8(11)9(14)12-10(13)15/h3-4,7H,1-2,5-6H2,(H,12,14,15)/b4-3-. The average Bonchev–Trinajstić information content (AvgIpc) is 2.38. The Hall–Kier alpha value is -1.56. The smallest absolute Gasteiger partial charge is 0.294 e. The van der Waals surface area contributed by atoms with Gasteiger partial charge < -0.3 is 0 Å². The molecule has 13 heteroatoms. The minimum absolute atomic E-state index is 0.153.